The van der Waals surface area contributed by atoms with Crippen LogP contribution in [0.15, 0.2) is 51.9 Å². The zero-order valence-electron chi connectivity index (χ0n) is 14.9. The summed E-state index contributed by atoms with van der Waals surface area (Å²) in [6.45, 7) is 0.567. The maximum Gasteiger partial charge on any atom is 0.346 e. The van der Waals surface area contributed by atoms with Crippen LogP contribution in [-0.4, -0.2) is 33.9 Å². The highest BCUT2D eigenvalue weighted by atomic mass is 16.5. The number of carbonyl (C=O) groups is 1. The molecule has 8 heteroatoms. The molecular formula is C19H20N4O4. The van der Waals surface area contributed by atoms with Crippen molar-refractivity contribution >= 4 is 5.91 Å². The van der Waals surface area contributed by atoms with Gasteiger partial charge in [0.2, 0.25) is 5.82 Å². The summed E-state index contributed by atoms with van der Waals surface area (Å²) in [5.74, 6) is 1.49. The molecule has 27 heavy (non-hydrogen) atoms. The molecule has 2 heterocycles. The van der Waals surface area contributed by atoms with Crippen molar-refractivity contribution in [1.82, 2.24) is 19.7 Å². The van der Waals surface area contributed by atoms with E-state index in [0.717, 1.165) is 12.8 Å². The molecule has 1 aromatic carbocycles. The Bertz CT molecular complexity index is 999. The van der Waals surface area contributed by atoms with Gasteiger partial charge in [0.15, 0.2) is 5.76 Å². The van der Waals surface area contributed by atoms with Crippen LogP contribution in [0.5, 0.6) is 5.75 Å². The van der Waals surface area contributed by atoms with Gasteiger partial charge in [-0.2, -0.15) is 0 Å². The molecule has 0 saturated heterocycles. The van der Waals surface area contributed by atoms with Gasteiger partial charge in [-0.15, -0.1) is 5.10 Å². The van der Waals surface area contributed by atoms with Crippen molar-refractivity contribution in [2.24, 2.45) is 0 Å². The summed E-state index contributed by atoms with van der Waals surface area (Å²) in [5, 5.41) is 7.22. The lowest BCUT2D eigenvalue weighted by Crippen LogP contribution is -2.32. The molecule has 140 valence electrons. The number of nitrogens with one attached hydrogen (secondary N) is 1. The molecule has 1 fully saturated rings. The summed E-state index contributed by atoms with van der Waals surface area (Å²) in [7, 11) is 1.55. The van der Waals surface area contributed by atoms with Gasteiger partial charge in [0.1, 0.15) is 5.75 Å². The first-order valence-corrected chi connectivity index (χ1v) is 8.83. The molecule has 0 spiro atoms. The lowest BCUT2D eigenvalue weighted by molar-refractivity contribution is 0.0951. The van der Waals surface area contributed by atoms with Crippen LogP contribution in [0.2, 0.25) is 0 Å². The summed E-state index contributed by atoms with van der Waals surface area (Å²) in [4.78, 5) is 25.0. The second kappa shape index (κ2) is 7.14. The predicted octanol–water partition coefficient (Wildman–Crippen LogP) is 2.08. The first-order valence-electron chi connectivity index (χ1n) is 8.83. The van der Waals surface area contributed by atoms with Crippen molar-refractivity contribution in [3.63, 3.8) is 0 Å². The highest BCUT2D eigenvalue weighted by Gasteiger charge is 2.31. The van der Waals surface area contributed by atoms with Crippen molar-refractivity contribution in [1.29, 1.82) is 0 Å². The Morgan fingerprint density at radius 2 is 2.19 bits per heavy atom. The number of hydrogen-bond acceptors (Lipinski definition) is 5. The van der Waals surface area contributed by atoms with Crippen molar-refractivity contribution in [3.8, 4) is 17.3 Å². The van der Waals surface area contributed by atoms with Crippen LogP contribution >= 0.6 is 0 Å². The molecule has 4 rings (SSSR count). The second-order valence-corrected chi connectivity index (χ2v) is 6.40. The van der Waals surface area contributed by atoms with Gasteiger partial charge in [0.25, 0.3) is 5.91 Å². The Labute approximate surface area is 155 Å². The van der Waals surface area contributed by atoms with Crippen molar-refractivity contribution in [3.05, 3.63) is 58.7 Å². The zero-order chi connectivity index (χ0) is 18.8. The summed E-state index contributed by atoms with van der Waals surface area (Å²) in [6, 6.07) is 10.6. The van der Waals surface area contributed by atoms with E-state index in [9.17, 15) is 9.59 Å². The van der Waals surface area contributed by atoms with E-state index in [1.165, 1.54) is 4.68 Å². The van der Waals surface area contributed by atoms with Crippen molar-refractivity contribution in [2.75, 3.05) is 13.7 Å². The zero-order valence-corrected chi connectivity index (χ0v) is 14.9. The summed E-state index contributed by atoms with van der Waals surface area (Å²) in [5.41, 5.74) is 0.320. The van der Waals surface area contributed by atoms with Gasteiger partial charge >= 0.3 is 5.69 Å². The summed E-state index contributed by atoms with van der Waals surface area (Å²) in [6.07, 6.45) is 3.49. The molecule has 1 saturated carbocycles. The van der Waals surface area contributed by atoms with Gasteiger partial charge in [-0.3, -0.25) is 9.36 Å². The SMILES string of the molecule is COc1cccc(C(=O)NCCn2nc(-c3ccco3)n(C3CC3)c2=O)c1. The van der Waals surface area contributed by atoms with Crippen LogP contribution < -0.4 is 15.7 Å². The van der Waals surface area contributed by atoms with Gasteiger partial charge in [0, 0.05) is 18.2 Å². The fourth-order valence-electron chi connectivity index (χ4n) is 2.94. The quantitative estimate of drug-likeness (QED) is 0.689. The van der Waals surface area contributed by atoms with Crippen LogP contribution in [0, 0.1) is 0 Å². The van der Waals surface area contributed by atoms with Gasteiger partial charge < -0.3 is 14.5 Å². The highest BCUT2D eigenvalue weighted by molar-refractivity contribution is 5.94. The number of benzene rings is 1. The second-order valence-electron chi connectivity index (χ2n) is 6.40. The maximum absolute atomic E-state index is 12.7. The van der Waals surface area contributed by atoms with Gasteiger partial charge in [-0.1, -0.05) is 6.07 Å². The molecule has 0 aliphatic heterocycles. The third-order valence-electron chi connectivity index (χ3n) is 4.47. The minimum atomic E-state index is -0.227. The number of nitrogens with zero attached hydrogens (tertiary/aromatic N) is 3. The van der Waals surface area contributed by atoms with Gasteiger partial charge in [-0.05, 0) is 43.2 Å². The maximum atomic E-state index is 12.7. The first kappa shape index (κ1) is 17.1. The van der Waals surface area contributed by atoms with Gasteiger partial charge in [0.05, 0.1) is 19.9 Å². The average molecular weight is 368 g/mol. The monoisotopic (exact) mass is 368 g/mol. The lowest BCUT2D eigenvalue weighted by Gasteiger charge is -2.06. The molecule has 8 nitrogen and oxygen atoms in total. The molecule has 1 aliphatic carbocycles. The molecule has 1 amide bonds. The largest absolute Gasteiger partial charge is 0.497 e. The number of furan rings is 1. The highest BCUT2D eigenvalue weighted by Crippen LogP contribution is 2.36. The minimum absolute atomic E-state index is 0.178. The van der Waals surface area contributed by atoms with E-state index >= 15 is 0 Å². The molecule has 1 aliphatic rings. The number of rotatable bonds is 7. The topological polar surface area (TPSA) is 91.3 Å². The van der Waals surface area contributed by atoms with Crippen LogP contribution in [0.3, 0.4) is 0 Å². The van der Waals surface area contributed by atoms with E-state index < -0.39 is 0 Å². The fourth-order valence-corrected chi connectivity index (χ4v) is 2.94. The smallest absolute Gasteiger partial charge is 0.346 e. The van der Waals surface area contributed by atoms with Crippen LogP contribution in [0.1, 0.15) is 29.2 Å². The Kier molecular flexibility index (Phi) is 4.53. The van der Waals surface area contributed by atoms with Gasteiger partial charge in [-0.25, -0.2) is 9.48 Å². The normalized spacial score (nSPS) is 13.5. The Balaban J connectivity index is 1.46. The Morgan fingerprint density at radius 1 is 1.33 bits per heavy atom. The summed E-state index contributed by atoms with van der Waals surface area (Å²) < 4.78 is 13.6. The predicted molar refractivity (Wildman–Crippen MR) is 97.8 cm³/mol. The standard InChI is InChI=1S/C19H20N4O4/c1-26-15-5-2-4-13(12-15)18(24)20-9-10-22-19(25)23(14-7-8-14)17(21-22)16-6-3-11-27-16/h2-6,11-12,14H,7-10H2,1H3,(H,20,24). The third kappa shape index (κ3) is 3.51. The van der Waals surface area contributed by atoms with E-state index in [1.54, 1.807) is 54.3 Å². The molecule has 0 bridgehead atoms. The lowest BCUT2D eigenvalue weighted by atomic mass is 10.2. The molecule has 1 N–H and O–H groups in total. The van der Waals surface area contributed by atoms with E-state index in [2.05, 4.69) is 10.4 Å². The number of aromatic nitrogens is 3. The fraction of sp³-hybridized carbons (Fsp3) is 0.316. The molecule has 0 radical (unpaired) electrons. The van der Waals surface area contributed by atoms with E-state index in [0.29, 0.717) is 22.9 Å². The minimum Gasteiger partial charge on any atom is -0.497 e. The number of methoxy groups -OCH3 is 1. The third-order valence-corrected chi connectivity index (χ3v) is 4.47. The number of carbonyl (C=O) groups excluding carboxylic acids is 1. The number of ether oxygens (including phenoxy) is 1. The van der Waals surface area contributed by atoms with Crippen LogP contribution in [0.25, 0.3) is 11.6 Å². The molecule has 0 atom stereocenters. The molecule has 2 aromatic heterocycles. The van der Waals surface area contributed by atoms with E-state index in [1.807, 2.05) is 0 Å². The Hall–Kier alpha value is -3.29. The first-order chi connectivity index (χ1) is 13.2. The molecular weight excluding hydrogens is 348 g/mol. The average Bonchev–Trinajstić information content (AvgIpc) is 3.26. The molecule has 0 unspecified atom stereocenters. The molecule has 3 aromatic rings. The van der Waals surface area contributed by atoms with Crippen LogP contribution in [0.4, 0.5) is 0 Å². The van der Waals surface area contributed by atoms with E-state index in [4.69, 9.17) is 9.15 Å². The van der Waals surface area contributed by atoms with Crippen LogP contribution in [-0.2, 0) is 6.54 Å². The summed E-state index contributed by atoms with van der Waals surface area (Å²) >= 11 is 0. The van der Waals surface area contributed by atoms with Crippen molar-refractivity contribution < 1.29 is 13.9 Å². The van der Waals surface area contributed by atoms with E-state index in [-0.39, 0.29) is 30.7 Å². The van der Waals surface area contributed by atoms with Crippen molar-refractivity contribution in [2.45, 2.75) is 25.4 Å². The Morgan fingerprint density at radius 3 is 2.89 bits per heavy atom. The number of hydrogen-bond donors (Lipinski definition) is 1. The number of amides is 1.